The van der Waals surface area contributed by atoms with Crippen LogP contribution in [-0.4, -0.2) is 29.3 Å². The summed E-state index contributed by atoms with van der Waals surface area (Å²) >= 11 is 0. The van der Waals surface area contributed by atoms with Crippen molar-refractivity contribution in [3.63, 3.8) is 0 Å². The van der Waals surface area contributed by atoms with Crippen molar-refractivity contribution in [1.29, 1.82) is 0 Å². The zero-order valence-electron chi connectivity index (χ0n) is 16.5. The van der Waals surface area contributed by atoms with E-state index in [1.807, 2.05) is 0 Å². The van der Waals surface area contributed by atoms with Crippen LogP contribution >= 0.6 is 0 Å². The van der Waals surface area contributed by atoms with E-state index >= 15 is 0 Å². The number of hydrogen-bond acceptors (Lipinski definition) is 2. The van der Waals surface area contributed by atoms with Crippen LogP contribution in [-0.2, 0) is 28.5 Å². The minimum absolute atomic E-state index is 0.0247. The molecule has 1 saturated heterocycles. The van der Waals surface area contributed by atoms with E-state index in [-0.39, 0.29) is 36.5 Å². The smallest absolute Gasteiger partial charge is 0.353 e. The van der Waals surface area contributed by atoms with E-state index in [0.717, 1.165) is 24.2 Å². The Morgan fingerprint density at radius 3 is 2.16 bits per heavy atom. The third-order valence-corrected chi connectivity index (χ3v) is 6.67. The van der Waals surface area contributed by atoms with Crippen molar-refractivity contribution in [2.24, 2.45) is 17.8 Å². The van der Waals surface area contributed by atoms with Crippen molar-refractivity contribution < 1.29 is 35.9 Å². The summed E-state index contributed by atoms with van der Waals surface area (Å²) in [5, 5.41) is 3.00. The summed E-state index contributed by atoms with van der Waals surface area (Å²) in [6.45, 7) is -0.438. The topological polar surface area (TPSA) is 49.4 Å². The number of amides is 2. The van der Waals surface area contributed by atoms with Crippen LogP contribution in [0.25, 0.3) is 0 Å². The Kier molecular flexibility index (Phi) is 5.46. The van der Waals surface area contributed by atoms with E-state index in [4.69, 9.17) is 0 Å². The fourth-order valence-corrected chi connectivity index (χ4v) is 5.15. The fourth-order valence-electron chi connectivity index (χ4n) is 5.15. The van der Waals surface area contributed by atoms with Gasteiger partial charge in [0.15, 0.2) is 0 Å². The molecule has 4 atom stereocenters. The van der Waals surface area contributed by atoms with Gasteiger partial charge in [-0.2, -0.15) is 26.3 Å². The monoisotopic (exact) mass is 448 g/mol. The molecule has 0 radical (unpaired) electrons. The molecule has 10 heteroatoms. The zero-order chi connectivity index (χ0) is 22.6. The van der Waals surface area contributed by atoms with Crippen LogP contribution in [0.2, 0.25) is 0 Å². The molecule has 4 nitrogen and oxygen atoms in total. The summed E-state index contributed by atoms with van der Waals surface area (Å²) in [7, 11) is 0. The number of nitrogens with zero attached hydrogens (tertiary/aromatic N) is 1. The highest BCUT2D eigenvalue weighted by atomic mass is 19.4. The van der Waals surface area contributed by atoms with Gasteiger partial charge in [-0.05, 0) is 54.9 Å². The van der Waals surface area contributed by atoms with Crippen molar-refractivity contribution >= 4 is 11.8 Å². The van der Waals surface area contributed by atoms with Crippen LogP contribution in [0.3, 0.4) is 0 Å². The lowest BCUT2D eigenvalue weighted by Gasteiger charge is -2.24. The maximum Gasteiger partial charge on any atom is 0.416 e. The minimum atomic E-state index is -4.95. The molecular formula is C21H22F6N2O2. The summed E-state index contributed by atoms with van der Waals surface area (Å²) in [5.74, 6) is -0.305. The Bertz CT molecular complexity index is 849. The molecule has 170 valence electrons. The van der Waals surface area contributed by atoms with Gasteiger partial charge < -0.3 is 10.2 Å². The highest BCUT2D eigenvalue weighted by Gasteiger charge is 2.42. The van der Waals surface area contributed by atoms with E-state index in [0.29, 0.717) is 24.0 Å². The molecule has 0 unspecified atom stereocenters. The van der Waals surface area contributed by atoms with Crippen LogP contribution in [0.15, 0.2) is 18.2 Å². The molecule has 3 aliphatic rings. The van der Waals surface area contributed by atoms with Crippen LogP contribution in [0.5, 0.6) is 0 Å². The first-order chi connectivity index (χ1) is 14.4. The number of nitrogens with one attached hydrogen (secondary N) is 1. The number of carbonyl (C=O) groups excluding carboxylic acids is 2. The first-order valence-corrected chi connectivity index (χ1v) is 10.3. The Morgan fingerprint density at radius 1 is 1.00 bits per heavy atom. The number of carbonyl (C=O) groups is 2. The number of rotatable bonds is 4. The molecule has 1 aromatic carbocycles. The molecule has 3 fully saturated rings. The Labute approximate surface area is 175 Å². The van der Waals surface area contributed by atoms with Gasteiger partial charge in [0.05, 0.1) is 17.0 Å². The normalized spacial score (nSPS) is 28.5. The van der Waals surface area contributed by atoms with Crippen LogP contribution in [0.4, 0.5) is 26.3 Å². The molecule has 2 aliphatic carbocycles. The van der Waals surface area contributed by atoms with Gasteiger partial charge in [-0.3, -0.25) is 9.59 Å². The third-order valence-electron chi connectivity index (χ3n) is 6.67. The number of halogens is 6. The molecule has 1 aromatic rings. The molecule has 1 aliphatic heterocycles. The molecule has 31 heavy (non-hydrogen) atoms. The van der Waals surface area contributed by atoms with Crippen molar-refractivity contribution in [3.05, 3.63) is 34.9 Å². The molecule has 2 amide bonds. The summed E-state index contributed by atoms with van der Waals surface area (Å²) in [4.78, 5) is 26.1. The van der Waals surface area contributed by atoms with Crippen LogP contribution < -0.4 is 5.32 Å². The van der Waals surface area contributed by atoms with Gasteiger partial charge in [-0.25, -0.2) is 0 Å². The predicted molar refractivity (Wildman–Crippen MR) is 97.3 cm³/mol. The number of fused-ring (bicyclic) bond motifs is 2. The van der Waals surface area contributed by atoms with E-state index in [9.17, 15) is 35.9 Å². The second kappa shape index (κ2) is 7.70. The second-order valence-corrected chi connectivity index (χ2v) is 8.88. The van der Waals surface area contributed by atoms with E-state index < -0.39 is 41.8 Å². The van der Waals surface area contributed by atoms with Gasteiger partial charge in [0.1, 0.15) is 0 Å². The average Bonchev–Trinajstić information content (AvgIpc) is 3.36. The largest absolute Gasteiger partial charge is 0.416 e. The van der Waals surface area contributed by atoms with Crippen molar-refractivity contribution in [3.8, 4) is 0 Å². The fraction of sp³-hybridized carbons (Fsp3) is 0.619. The van der Waals surface area contributed by atoms with Crippen molar-refractivity contribution in [2.75, 3.05) is 6.54 Å². The number of likely N-dealkylation sites (tertiary alicyclic amines) is 1. The lowest BCUT2D eigenvalue weighted by molar-refractivity contribution is -0.143. The van der Waals surface area contributed by atoms with E-state index in [2.05, 4.69) is 5.32 Å². The Morgan fingerprint density at radius 2 is 1.65 bits per heavy atom. The summed E-state index contributed by atoms with van der Waals surface area (Å²) < 4.78 is 78.3. The summed E-state index contributed by atoms with van der Waals surface area (Å²) in [5.41, 5.74) is -3.12. The Balaban J connectivity index is 1.44. The standard InChI is InChI=1S/C21H22F6N2O2/c22-20(23,24)15-4-12(5-16(8-15)21(25,26)27)9-29-10-14(7-18(29)30)19(31)28-17-6-11-1-2-13(17)3-11/h4-5,8,11,13-14,17H,1-3,6-7,9-10H2,(H,28,31)/t11-,13-,14-,17-/m0/s1. The highest BCUT2D eigenvalue weighted by molar-refractivity contribution is 5.89. The minimum Gasteiger partial charge on any atom is -0.353 e. The number of hydrogen-bond donors (Lipinski definition) is 1. The average molecular weight is 448 g/mol. The second-order valence-electron chi connectivity index (χ2n) is 8.88. The predicted octanol–water partition coefficient (Wildman–Crippen LogP) is 4.38. The van der Waals surface area contributed by atoms with Crippen LogP contribution in [0, 0.1) is 17.8 Å². The first kappa shape index (κ1) is 22.0. The molecule has 4 rings (SSSR count). The molecular weight excluding hydrogens is 426 g/mol. The molecule has 0 aromatic heterocycles. The van der Waals surface area contributed by atoms with Crippen molar-refractivity contribution in [1.82, 2.24) is 10.2 Å². The maximum absolute atomic E-state index is 13.1. The lowest BCUT2D eigenvalue weighted by Crippen LogP contribution is -2.42. The SMILES string of the molecule is O=C(N[C@H]1C[C@H]2CC[C@H]1C2)[C@H]1CC(=O)N(Cc2cc(C(F)(F)F)cc(C(F)(F)F)c2)C1. The number of benzene rings is 1. The van der Waals surface area contributed by atoms with Gasteiger partial charge in [-0.15, -0.1) is 0 Å². The van der Waals surface area contributed by atoms with Crippen LogP contribution in [0.1, 0.15) is 48.8 Å². The first-order valence-electron chi connectivity index (χ1n) is 10.3. The van der Waals surface area contributed by atoms with Gasteiger partial charge in [0.25, 0.3) is 0 Å². The van der Waals surface area contributed by atoms with E-state index in [1.54, 1.807) is 0 Å². The maximum atomic E-state index is 13.1. The molecule has 1 N–H and O–H groups in total. The molecule has 2 bridgehead atoms. The number of alkyl halides is 6. The summed E-state index contributed by atoms with van der Waals surface area (Å²) in [6, 6.07) is 1.38. The molecule has 2 saturated carbocycles. The quantitative estimate of drug-likeness (QED) is 0.696. The lowest BCUT2D eigenvalue weighted by atomic mass is 9.94. The Hall–Kier alpha value is -2.26. The van der Waals surface area contributed by atoms with Crippen molar-refractivity contribution in [2.45, 2.75) is 57.0 Å². The van der Waals surface area contributed by atoms with Gasteiger partial charge in [-0.1, -0.05) is 6.42 Å². The molecule has 1 heterocycles. The zero-order valence-corrected chi connectivity index (χ0v) is 16.5. The highest BCUT2D eigenvalue weighted by Crippen LogP contribution is 2.44. The van der Waals surface area contributed by atoms with Gasteiger partial charge in [0, 0.05) is 25.6 Å². The van der Waals surface area contributed by atoms with Gasteiger partial charge >= 0.3 is 12.4 Å². The third kappa shape index (κ3) is 4.67. The van der Waals surface area contributed by atoms with Gasteiger partial charge in [0.2, 0.25) is 11.8 Å². The molecule has 0 spiro atoms. The summed E-state index contributed by atoms with van der Waals surface area (Å²) in [6.07, 6.45) is -5.74. The van der Waals surface area contributed by atoms with E-state index in [1.165, 1.54) is 6.42 Å².